The van der Waals surface area contributed by atoms with Gasteiger partial charge < -0.3 is 9.84 Å². The van der Waals surface area contributed by atoms with Gasteiger partial charge in [0.25, 0.3) is 0 Å². The van der Waals surface area contributed by atoms with Gasteiger partial charge in [0.15, 0.2) is 0 Å². The third-order valence-corrected chi connectivity index (χ3v) is 3.27. The zero-order valence-electron chi connectivity index (χ0n) is 11.9. The molecule has 0 saturated carbocycles. The summed E-state index contributed by atoms with van der Waals surface area (Å²) in [5.74, 6) is 0.950. The summed E-state index contributed by atoms with van der Waals surface area (Å²) in [5, 5.41) is 10.3. The van der Waals surface area contributed by atoms with Gasteiger partial charge in [-0.1, -0.05) is 38.0 Å². The summed E-state index contributed by atoms with van der Waals surface area (Å²) >= 11 is 0. The van der Waals surface area contributed by atoms with Crippen molar-refractivity contribution in [3.8, 4) is 5.75 Å². The van der Waals surface area contributed by atoms with Crippen LogP contribution in [0, 0.1) is 0 Å². The molecule has 0 radical (unpaired) electrons. The lowest BCUT2D eigenvalue weighted by Crippen LogP contribution is -2.24. The summed E-state index contributed by atoms with van der Waals surface area (Å²) < 4.78 is 5.60. The Bertz CT molecular complexity index is 345. The van der Waals surface area contributed by atoms with Crippen molar-refractivity contribution in [2.24, 2.45) is 0 Å². The number of unbranched alkanes of at least 4 members (excludes halogenated alkanes) is 1. The van der Waals surface area contributed by atoms with E-state index in [1.54, 1.807) is 0 Å². The Morgan fingerprint density at radius 2 is 1.89 bits per heavy atom. The first-order valence-corrected chi connectivity index (χ1v) is 7.02. The quantitative estimate of drug-likeness (QED) is 0.756. The van der Waals surface area contributed by atoms with E-state index in [0.29, 0.717) is 6.61 Å². The third kappa shape index (κ3) is 5.09. The van der Waals surface area contributed by atoms with Gasteiger partial charge in [-0.15, -0.1) is 0 Å². The number of para-hydroxylation sites is 1. The lowest BCUT2D eigenvalue weighted by molar-refractivity contribution is 0.0399. The molecule has 0 aliphatic rings. The molecule has 18 heavy (non-hydrogen) atoms. The van der Waals surface area contributed by atoms with Crippen LogP contribution in [0.4, 0.5) is 0 Å². The van der Waals surface area contributed by atoms with E-state index in [0.717, 1.165) is 37.9 Å². The largest absolute Gasteiger partial charge is 0.494 e. The number of aryl methyl sites for hydroxylation is 1. The number of hydrogen-bond acceptors (Lipinski definition) is 2. The molecule has 1 N–H and O–H groups in total. The molecule has 1 rings (SSSR count). The molecule has 1 atom stereocenters. The van der Waals surface area contributed by atoms with Crippen molar-refractivity contribution in [2.75, 3.05) is 6.61 Å². The summed E-state index contributed by atoms with van der Waals surface area (Å²) in [5.41, 5.74) is 0.631. The van der Waals surface area contributed by atoms with Crippen LogP contribution in [0.3, 0.4) is 0 Å². The van der Waals surface area contributed by atoms with Gasteiger partial charge in [-0.05, 0) is 44.7 Å². The highest BCUT2D eigenvalue weighted by Crippen LogP contribution is 2.25. The minimum absolute atomic E-state index is 0.560. The molecule has 0 amide bonds. The van der Waals surface area contributed by atoms with Crippen LogP contribution in [-0.2, 0) is 6.42 Å². The minimum Gasteiger partial charge on any atom is -0.494 e. The predicted molar refractivity (Wildman–Crippen MR) is 76.1 cm³/mol. The molecule has 0 saturated heterocycles. The monoisotopic (exact) mass is 250 g/mol. The SMILES string of the molecule is CCCCC(C)(O)CCc1ccccc1OCC. The van der Waals surface area contributed by atoms with Gasteiger partial charge in [-0.2, -0.15) is 0 Å². The Morgan fingerprint density at radius 3 is 2.56 bits per heavy atom. The molecule has 0 heterocycles. The van der Waals surface area contributed by atoms with Crippen molar-refractivity contribution >= 4 is 0 Å². The van der Waals surface area contributed by atoms with E-state index in [2.05, 4.69) is 13.0 Å². The number of rotatable bonds is 8. The molecule has 0 fully saturated rings. The van der Waals surface area contributed by atoms with Crippen molar-refractivity contribution < 1.29 is 9.84 Å². The molecular formula is C16H26O2. The van der Waals surface area contributed by atoms with Crippen LogP contribution in [0.2, 0.25) is 0 Å². The summed E-state index contributed by atoms with van der Waals surface area (Å²) in [6, 6.07) is 8.10. The molecule has 2 nitrogen and oxygen atoms in total. The summed E-state index contributed by atoms with van der Waals surface area (Å²) in [7, 11) is 0. The van der Waals surface area contributed by atoms with E-state index >= 15 is 0 Å². The van der Waals surface area contributed by atoms with E-state index < -0.39 is 5.60 Å². The second-order valence-electron chi connectivity index (χ2n) is 5.14. The van der Waals surface area contributed by atoms with E-state index in [1.807, 2.05) is 32.0 Å². The topological polar surface area (TPSA) is 29.5 Å². The number of ether oxygens (including phenoxy) is 1. The maximum Gasteiger partial charge on any atom is 0.122 e. The van der Waals surface area contributed by atoms with E-state index in [-0.39, 0.29) is 0 Å². The van der Waals surface area contributed by atoms with Crippen molar-refractivity contribution in [1.82, 2.24) is 0 Å². The number of aliphatic hydroxyl groups is 1. The molecule has 0 spiro atoms. The van der Waals surface area contributed by atoms with Gasteiger partial charge in [0.1, 0.15) is 5.75 Å². The molecule has 2 heteroatoms. The Hall–Kier alpha value is -1.02. The lowest BCUT2D eigenvalue weighted by atomic mass is 9.91. The van der Waals surface area contributed by atoms with Crippen LogP contribution in [0.1, 0.15) is 52.0 Å². The Morgan fingerprint density at radius 1 is 1.17 bits per heavy atom. The van der Waals surface area contributed by atoms with Gasteiger partial charge in [-0.25, -0.2) is 0 Å². The average Bonchev–Trinajstić information content (AvgIpc) is 2.36. The van der Waals surface area contributed by atoms with Crippen LogP contribution in [0.15, 0.2) is 24.3 Å². The Labute approximate surface area is 111 Å². The molecule has 0 aromatic heterocycles. The van der Waals surface area contributed by atoms with Gasteiger partial charge in [0.2, 0.25) is 0 Å². The van der Waals surface area contributed by atoms with E-state index in [4.69, 9.17) is 4.74 Å². The van der Waals surface area contributed by atoms with Crippen LogP contribution >= 0.6 is 0 Å². The number of hydrogen-bond donors (Lipinski definition) is 1. The summed E-state index contributed by atoms with van der Waals surface area (Å²) in [4.78, 5) is 0. The molecule has 102 valence electrons. The van der Waals surface area contributed by atoms with Crippen molar-refractivity contribution in [2.45, 2.75) is 58.5 Å². The van der Waals surface area contributed by atoms with Crippen LogP contribution in [0.5, 0.6) is 5.75 Å². The summed E-state index contributed by atoms with van der Waals surface area (Å²) in [6.07, 6.45) is 4.75. The van der Waals surface area contributed by atoms with Crippen molar-refractivity contribution in [3.05, 3.63) is 29.8 Å². The Kier molecular flexibility index (Phi) is 6.20. The van der Waals surface area contributed by atoms with Crippen molar-refractivity contribution in [3.63, 3.8) is 0 Å². The number of benzene rings is 1. The fourth-order valence-electron chi connectivity index (χ4n) is 2.09. The highest BCUT2D eigenvalue weighted by atomic mass is 16.5. The maximum absolute atomic E-state index is 10.3. The normalized spacial score (nSPS) is 14.2. The highest BCUT2D eigenvalue weighted by molar-refractivity contribution is 5.33. The highest BCUT2D eigenvalue weighted by Gasteiger charge is 2.19. The molecule has 1 unspecified atom stereocenters. The summed E-state index contributed by atoms with van der Waals surface area (Å²) in [6.45, 7) is 6.77. The first-order chi connectivity index (χ1) is 8.59. The fraction of sp³-hybridized carbons (Fsp3) is 0.625. The Balaban J connectivity index is 2.56. The molecule has 0 bridgehead atoms. The van der Waals surface area contributed by atoms with Crippen molar-refractivity contribution in [1.29, 1.82) is 0 Å². The molecule has 0 aliphatic carbocycles. The van der Waals surface area contributed by atoms with Crippen LogP contribution in [-0.4, -0.2) is 17.3 Å². The second-order valence-corrected chi connectivity index (χ2v) is 5.14. The second kappa shape index (κ2) is 7.42. The fourth-order valence-corrected chi connectivity index (χ4v) is 2.09. The molecule has 0 aliphatic heterocycles. The smallest absolute Gasteiger partial charge is 0.122 e. The average molecular weight is 250 g/mol. The molecular weight excluding hydrogens is 224 g/mol. The van der Waals surface area contributed by atoms with Gasteiger partial charge in [0.05, 0.1) is 12.2 Å². The zero-order chi connectivity index (χ0) is 13.4. The van der Waals surface area contributed by atoms with E-state index in [9.17, 15) is 5.11 Å². The molecule has 1 aromatic carbocycles. The molecule has 1 aromatic rings. The predicted octanol–water partition coefficient (Wildman–Crippen LogP) is 3.96. The zero-order valence-corrected chi connectivity index (χ0v) is 11.9. The van der Waals surface area contributed by atoms with Gasteiger partial charge >= 0.3 is 0 Å². The third-order valence-electron chi connectivity index (χ3n) is 3.27. The van der Waals surface area contributed by atoms with Gasteiger partial charge in [0, 0.05) is 0 Å². The lowest BCUT2D eigenvalue weighted by Gasteiger charge is -2.23. The van der Waals surface area contributed by atoms with E-state index in [1.165, 1.54) is 5.56 Å². The first-order valence-electron chi connectivity index (χ1n) is 7.02. The van der Waals surface area contributed by atoms with Crippen LogP contribution < -0.4 is 4.74 Å². The maximum atomic E-state index is 10.3. The standard InChI is InChI=1S/C16H26O2/c1-4-6-12-16(3,17)13-11-14-9-7-8-10-15(14)18-5-2/h7-10,17H,4-6,11-13H2,1-3H3. The van der Waals surface area contributed by atoms with Gasteiger partial charge in [-0.3, -0.25) is 0 Å². The van der Waals surface area contributed by atoms with Crippen LogP contribution in [0.25, 0.3) is 0 Å². The minimum atomic E-state index is -0.560. The first kappa shape index (κ1) is 15.0.